The van der Waals surface area contributed by atoms with Crippen molar-refractivity contribution >= 4 is 44.3 Å². The van der Waals surface area contributed by atoms with E-state index in [2.05, 4.69) is 67.7 Å². The molecule has 0 aliphatic carbocycles. The maximum atomic E-state index is 15.2. The Hall–Kier alpha value is -4.00. The van der Waals surface area contributed by atoms with Gasteiger partial charge < -0.3 is 14.5 Å². The highest BCUT2D eigenvalue weighted by Gasteiger charge is 2.42. The molecule has 4 saturated heterocycles. The zero-order valence-corrected chi connectivity index (χ0v) is 32.9. The lowest BCUT2D eigenvalue weighted by atomic mass is 9.81. The van der Waals surface area contributed by atoms with E-state index in [1.165, 1.54) is 23.3 Å². The van der Waals surface area contributed by atoms with Crippen molar-refractivity contribution in [2.75, 3.05) is 44.2 Å². The summed E-state index contributed by atoms with van der Waals surface area (Å²) in [5.74, 6) is -1.82. The van der Waals surface area contributed by atoms with Crippen LogP contribution in [0.4, 0.5) is 14.5 Å². The van der Waals surface area contributed by atoms with Gasteiger partial charge in [-0.15, -0.1) is 0 Å². The van der Waals surface area contributed by atoms with Crippen molar-refractivity contribution in [1.82, 2.24) is 19.8 Å². The Morgan fingerprint density at radius 1 is 0.927 bits per heavy atom. The van der Waals surface area contributed by atoms with E-state index < -0.39 is 29.4 Å². The number of halogens is 3. The van der Waals surface area contributed by atoms with Gasteiger partial charge in [0.25, 0.3) is 5.56 Å². The number of imide groups is 1. The van der Waals surface area contributed by atoms with E-state index in [0.717, 1.165) is 86.3 Å². The lowest BCUT2D eigenvalue weighted by molar-refractivity contribution is -0.134. The van der Waals surface area contributed by atoms with Gasteiger partial charge in [0.05, 0.1) is 40.1 Å². The number of aromatic nitrogens is 2. The van der Waals surface area contributed by atoms with E-state index in [9.17, 15) is 14.4 Å². The molecular formula is C43H46BrF2N5O4. The van der Waals surface area contributed by atoms with Gasteiger partial charge in [-0.3, -0.25) is 24.3 Å². The van der Waals surface area contributed by atoms with Crippen molar-refractivity contribution in [2.24, 2.45) is 5.92 Å². The number of piperidine rings is 3. The third kappa shape index (κ3) is 6.42. The van der Waals surface area contributed by atoms with Crippen LogP contribution in [0.15, 0.2) is 57.8 Å². The maximum absolute atomic E-state index is 15.2. The number of amides is 2. The molecule has 5 aliphatic heterocycles. The molecule has 3 aromatic carbocycles. The first-order chi connectivity index (χ1) is 26.4. The average molecular weight is 815 g/mol. The van der Waals surface area contributed by atoms with Gasteiger partial charge in [0.2, 0.25) is 11.8 Å². The van der Waals surface area contributed by atoms with Crippen LogP contribution in [0.25, 0.3) is 16.6 Å². The molecule has 1 aromatic heterocycles. The van der Waals surface area contributed by atoms with Gasteiger partial charge in [0.15, 0.2) is 0 Å². The number of ether oxygens (including phenoxy) is 1. The van der Waals surface area contributed by atoms with E-state index in [1.807, 2.05) is 23.1 Å². The summed E-state index contributed by atoms with van der Waals surface area (Å²) in [7, 11) is 0. The molecular weight excluding hydrogens is 768 g/mol. The number of benzene rings is 3. The molecule has 5 aliphatic rings. The zero-order valence-electron chi connectivity index (χ0n) is 31.3. The topological polar surface area (TPSA) is 96.8 Å². The molecule has 1 unspecified atom stereocenters. The van der Waals surface area contributed by atoms with Crippen molar-refractivity contribution in [3.8, 4) is 5.69 Å². The van der Waals surface area contributed by atoms with Crippen LogP contribution in [-0.2, 0) is 19.7 Å². The molecule has 1 N–H and O–H groups in total. The molecule has 0 bridgehead atoms. The fraction of sp³-hybridized carbons (Fsp3) is 0.488. The number of carbonyl (C=O) groups excluding carboxylic acids is 2. The number of rotatable bonds is 5. The lowest BCUT2D eigenvalue weighted by Gasteiger charge is -2.47. The third-order valence-electron chi connectivity index (χ3n) is 13.3. The molecule has 4 fully saturated rings. The molecule has 1 spiro atoms. The minimum Gasteiger partial charge on any atom is -0.375 e. The predicted octanol–water partition coefficient (Wildman–Crippen LogP) is 7.23. The number of hydrogen-bond acceptors (Lipinski definition) is 7. The van der Waals surface area contributed by atoms with Gasteiger partial charge in [0, 0.05) is 41.8 Å². The van der Waals surface area contributed by atoms with Crippen molar-refractivity contribution in [3.05, 3.63) is 97.5 Å². The average Bonchev–Trinajstić information content (AvgIpc) is 3.39. The monoisotopic (exact) mass is 813 g/mol. The summed E-state index contributed by atoms with van der Waals surface area (Å²) in [5, 5.41) is 2.81. The van der Waals surface area contributed by atoms with Crippen LogP contribution in [0.2, 0.25) is 0 Å². The van der Waals surface area contributed by atoms with E-state index in [-0.39, 0.29) is 35.0 Å². The van der Waals surface area contributed by atoms with Crippen LogP contribution in [0, 0.1) is 17.6 Å². The highest BCUT2D eigenvalue weighted by molar-refractivity contribution is 9.10. The van der Waals surface area contributed by atoms with Crippen LogP contribution in [0.5, 0.6) is 0 Å². The van der Waals surface area contributed by atoms with E-state index >= 15 is 8.78 Å². The van der Waals surface area contributed by atoms with E-state index in [0.29, 0.717) is 36.0 Å². The van der Waals surface area contributed by atoms with Crippen LogP contribution < -0.4 is 15.8 Å². The number of carbonyl (C=O) groups is 2. The van der Waals surface area contributed by atoms with Gasteiger partial charge >= 0.3 is 0 Å². The molecule has 2 amide bonds. The first-order valence-corrected chi connectivity index (χ1v) is 20.5. The van der Waals surface area contributed by atoms with Crippen molar-refractivity contribution in [1.29, 1.82) is 0 Å². The Bertz CT molecular complexity index is 2240. The predicted molar refractivity (Wildman–Crippen MR) is 210 cm³/mol. The normalized spacial score (nSPS) is 23.9. The SMILES string of the molecule is CC1(C)c2ccc(C3CCN(C[C@@H]4CCC5(CCN(c6cc(F)c(C7CCC(=O)NC7=O)c(F)c6)CC5)OC4)CC3)cc2-n2c1nc(=O)c1c(Br)cccc12. The number of nitrogens with zero attached hydrogens (tertiary/aromatic N) is 4. The molecule has 12 heteroatoms. The van der Waals surface area contributed by atoms with Crippen molar-refractivity contribution in [2.45, 2.75) is 88.1 Å². The molecule has 55 heavy (non-hydrogen) atoms. The largest absolute Gasteiger partial charge is 0.375 e. The summed E-state index contributed by atoms with van der Waals surface area (Å²) in [5.41, 5.74) is 3.98. The standard InChI is InChI=1S/C43H46BrF2N5O4/c1-42(2)30-8-6-27(20-35(30)51-34-5-3-4-31(44)38(34)40(54)48-41(42)51)26-11-16-49(17-12-26)23-25-10-13-43(55-24-25)14-18-50(19-15-43)28-21-32(45)37(33(46)22-28)29-7-9-36(52)47-39(29)53/h3-6,8,20-22,25-26,29H,7,9-19,23-24H2,1-2H3,(H,47,52,53)/t25-,29?/m0/s1. The Morgan fingerprint density at radius 3 is 2.36 bits per heavy atom. The van der Waals surface area contributed by atoms with Crippen LogP contribution in [-0.4, -0.2) is 71.2 Å². The van der Waals surface area contributed by atoms with Crippen LogP contribution in [0.1, 0.15) is 99.6 Å². The highest BCUT2D eigenvalue weighted by atomic mass is 79.9. The lowest BCUT2D eigenvalue weighted by Crippen LogP contribution is -2.50. The highest BCUT2D eigenvalue weighted by Crippen LogP contribution is 2.45. The minimum absolute atomic E-state index is 0.0662. The van der Waals surface area contributed by atoms with Gasteiger partial charge in [-0.1, -0.05) is 18.2 Å². The fourth-order valence-electron chi connectivity index (χ4n) is 10.0. The number of anilines is 1. The van der Waals surface area contributed by atoms with Gasteiger partial charge in [-0.2, -0.15) is 4.98 Å². The summed E-state index contributed by atoms with van der Waals surface area (Å²) >= 11 is 3.59. The Kier molecular flexibility index (Phi) is 9.24. The molecule has 2 atom stereocenters. The van der Waals surface area contributed by atoms with Gasteiger partial charge in [-0.25, -0.2) is 8.78 Å². The molecule has 288 valence electrons. The second kappa shape index (κ2) is 13.9. The Balaban J connectivity index is 0.792. The summed E-state index contributed by atoms with van der Waals surface area (Å²) in [6.45, 7) is 9.42. The molecule has 9 rings (SSSR count). The van der Waals surface area contributed by atoms with Gasteiger partial charge in [0.1, 0.15) is 17.5 Å². The quantitative estimate of drug-likeness (QED) is 0.213. The third-order valence-corrected chi connectivity index (χ3v) is 13.9. The number of fused-ring (bicyclic) bond motifs is 5. The summed E-state index contributed by atoms with van der Waals surface area (Å²) < 4.78 is 40.0. The van der Waals surface area contributed by atoms with E-state index in [4.69, 9.17) is 4.74 Å². The van der Waals surface area contributed by atoms with Crippen molar-refractivity contribution < 1.29 is 23.1 Å². The Labute approximate surface area is 327 Å². The minimum atomic E-state index is -1.00. The zero-order chi connectivity index (χ0) is 38.2. The first-order valence-electron chi connectivity index (χ1n) is 19.7. The second-order valence-corrected chi connectivity index (χ2v) is 17.8. The van der Waals surface area contributed by atoms with Crippen molar-refractivity contribution in [3.63, 3.8) is 0 Å². The molecule has 9 nitrogen and oxygen atoms in total. The van der Waals surface area contributed by atoms with Crippen LogP contribution >= 0.6 is 15.9 Å². The molecule has 6 heterocycles. The summed E-state index contributed by atoms with van der Waals surface area (Å²) in [4.78, 5) is 46.1. The number of nitrogens with one attached hydrogen (secondary N) is 1. The number of likely N-dealkylation sites (tertiary alicyclic amines) is 1. The van der Waals surface area contributed by atoms with E-state index in [1.54, 1.807) is 0 Å². The first kappa shape index (κ1) is 36.6. The summed E-state index contributed by atoms with van der Waals surface area (Å²) in [6, 6.07) is 15.4. The smallest absolute Gasteiger partial charge is 0.281 e. The van der Waals surface area contributed by atoms with Crippen LogP contribution in [0.3, 0.4) is 0 Å². The summed E-state index contributed by atoms with van der Waals surface area (Å²) in [6.07, 6.45) is 6.03. The molecule has 0 radical (unpaired) electrons. The maximum Gasteiger partial charge on any atom is 0.281 e. The molecule has 4 aromatic rings. The fourth-order valence-corrected chi connectivity index (χ4v) is 10.5. The number of hydrogen-bond donors (Lipinski definition) is 1. The second-order valence-electron chi connectivity index (χ2n) is 16.9. The van der Waals surface area contributed by atoms with Gasteiger partial charge in [-0.05, 0) is 141 Å². The molecule has 0 saturated carbocycles. The Morgan fingerprint density at radius 2 is 1.67 bits per heavy atom.